The summed E-state index contributed by atoms with van der Waals surface area (Å²) >= 11 is 2.33. The van der Waals surface area contributed by atoms with Crippen molar-refractivity contribution in [2.45, 2.75) is 43.4 Å². The molecule has 0 aliphatic heterocycles. The standard InChI is InChI=1S/C7H15BrF2Si/c1-11(2,3)6-4-5-7(8,9)10/h4-6H2,1-3H3. The Morgan fingerprint density at radius 1 is 1.27 bits per heavy atom. The molecule has 0 aromatic rings. The third-order valence-electron chi connectivity index (χ3n) is 1.39. The lowest BCUT2D eigenvalue weighted by Crippen LogP contribution is -2.19. The molecule has 0 bridgehead atoms. The zero-order chi connectivity index (χ0) is 9.12. The van der Waals surface area contributed by atoms with E-state index in [1.54, 1.807) is 0 Å². The first-order valence-electron chi connectivity index (χ1n) is 3.77. The van der Waals surface area contributed by atoms with E-state index < -0.39 is 12.9 Å². The third-order valence-corrected chi connectivity index (χ3v) is 3.64. The molecule has 0 atom stereocenters. The van der Waals surface area contributed by atoms with Crippen LogP contribution in [0.2, 0.25) is 25.7 Å². The van der Waals surface area contributed by atoms with Crippen LogP contribution in [0.25, 0.3) is 0 Å². The molecule has 0 nitrogen and oxygen atoms in total. The first kappa shape index (κ1) is 11.6. The summed E-state index contributed by atoms with van der Waals surface area (Å²) in [5.74, 6) is 0. The zero-order valence-corrected chi connectivity index (χ0v) is 9.84. The number of hydrogen-bond donors (Lipinski definition) is 0. The maximum atomic E-state index is 12.2. The van der Waals surface area contributed by atoms with Gasteiger partial charge in [0.05, 0.1) is 0 Å². The van der Waals surface area contributed by atoms with Crippen LogP contribution >= 0.6 is 15.9 Å². The van der Waals surface area contributed by atoms with E-state index in [-0.39, 0.29) is 6.42 Å². The molecule has 0 amide bonds. The molecular weight excluding hydrogens is 230 g/mol. The van der Waals surface area contributed by atoms with Crippen LogP contribution in [0.1, 0.15) is 12.8 Å². The number of alkyl halides is 3. The van der Waals surface area contributed by atoms with E-state index in [0.717, 1.165) is 6.04 Å². The minimum Gasteiger partial charge on any atom is -0.194 e. The Bertz CT molecular complexity index is 101. The van der Waals surface area contributed by atoms with Crippen molar-refractivity contribution in [1.82, 2.24) is 0 Å². The Hall–Kier alpha value is 0.557. The van der Waals surface area contributed by atoms with Gasteiger partial charge >= 0.3 is 4.83 Å². The van der Waals surface area contributed by atoms with E-state index in [0.29, 0.717) is 6.42 Å². The van der Waals surface area contributed by atoms with Crippen LogP contribution < -0.4 is 0 Å². The Kier molecular flexibility index (Phi) is 4.19. The molecule has 0 unspecified atom stereocenters. The van der Waals surface area contributed by atoms with Crippen molar-refractivity contribution < 1.29 is 8.78 Å². The first-order valence-corrected chi connectivity index (χ1v) is 8.27. The van der Waals surface area contributed by atoms with E-state index in [1.165, 1.54) is 0 Å². The summed E-state index contributed by atoms with van der Waals surface area (Å²) in [7, 11) is -1.11. The molecular formula is C7H15BrF2Si. The van der Waals surface area contributed by atoms with Gasteiger partial charge in [-0.15, -0.1) is 0 Å². The summed E-state index contributed by atoms with van der Waals surface area (Å²) < 4.78 is 24.5. The van der Waals surface area contributed by atoms with Gasteiger partial charge in [0.1, 0.15) is 0 Å². The molecule has 0 aromatic carbocycles. The number of halogens is 3. The quantitative estimate of drug-likeness (QED) is 0.517. The van der Waals surface area contributed by atoms with Crippen LogP contribution in [-0.2, 0) is 0 Å². The van der Waals surface area contributed by atoms with Crippen LogP contribution in [0.15, 0.2) is 0 Å². The predicted molar refractivity (Wildman–Crippen MR) is 51.3 cm³/mol. The minimum absolute atomic E-state index is 0.0305. The minimum atomic E-state index is -2.65. The summed E-state index contributed by atoms with van der Waals surface area (Å²) in [4.78, 5) is -2.65. The summed E-state index contributed by atoms with van der Waals surface area (Å²) in [5, 5.41) is 0. The molecule has 68 valence electrons. The highest BCUT2D eigenvalue weighted by molar-refractivity contribution is 9.09. The van der Waals surface area contributed by atoms with Crippen molar-refractivity contribution in [3.8, 4) is 0 Å². The van der Waals surface area contributed by atoms with Gasteiger partial charge in [-0.3, -0.25) is 0 Å². The van der Waals surface area contributed by atoms with Crippen molar-refractivity contribution in [3.05, 3.63) is 0 Å². The summed E-state index contributed by atoms with van der Waals surface area (Å²) in [5.41, 5.74) is 0. The van der Waals surface area contributed by atoms with Crippen molar-refractivity contribution >= 4 is 24.0 Å². The lowest BCUT2D eigenvalue weighted by molar-refractivity contribution is 0.103. The Morgan fingerprint density at radius 2 is 1.73 bits per heavy atom. The van der Waals surface area contributed by atoms with E-state index >= 15 is 0 Å². The van der Waals surface area contributed by atoms with Crippen molar-refractivity contribution in [2.75, 3.05) is 0 Å². The topological polar surface area (TPSA) is 0 Å². The average molecular weight is 245 g/mol. The molecule has 0 rings (SSSR count). The molecule has 0 fully saturated rings. The van der Waals surface area contributed by atoms with Crippen LogP contribution in [0, 0.1) is 0 Å². The monoisotopic (exact) mass is 244 g/mol. The average Bonchev–Trinajstić information content (AvgIpc) is 1.55. The molecule has 0 aliphatic rings. The van der Waals surface area contributed by atoms with E-state index in [4.69, 9.17) is 0 Å². The SMILES string of the molecule is C[Si](C)(C)CCCC(F)(F)Br. The number of rotatable bonds is 4. The van der Waals surface area contributed by atoms with Gasteiger partial charge in [0.15, 0.2) is 0 Å². The van der Waals surface area contributed by atoms with Gasteiger partial charge in [-0.25, -0.2) is 0 Å². The fourth-order valence-electron chi connectivity index (χ4n) is 0.819. The van der Waals surface area contributed by atoms with Gasteiger partial charge in [0, 0.05) is 14.5 Å². The summed E-state index contributed by atoms with van der Waals surface area (Å²) in [6.45, 7) is 6.58. The maximum Gasteiger partial charge on any atom is 0.301 e. The van der Waals surface area contributed by atoms with Gasteiger partial charge < -0.3 is 0 Å². The van der Waals surface area contributed by atoms with Gasteiger partial charge in [0.25, 0.3) is 0 Å². The van der Waals surface area contributed by atoms with Crippen molar-refractivity contribution in [1.29, 1.82) is 0 Å². The van der Waals surface area contributed by atoms with Crippen LogP contribution in [-0.4, -0.2) is 12.9 Å². The lowest BCUT2D eigenvalue weighted by atomic mass is 10.3. The zero-order valence-electron chi connectivity index (χ0n) is 7.26. The lowest BCUT2D eigenvalue weighted by Gasteiger charge is -2.16. The molecule has 0 aromatic heterocycles. The Labute approximate surface area is 76.5 Å². The smallest absolute Gasteiger partial charge is 0.194 e. The molecule has 0 spiro atoms. The van der Waals surface area contributed by atoms with E-state index in [9.17, 15) is 8.78 Å². The molecule has 0 heterocycles. The Balaban J connectivity index is 3.44. The van der Waals surface area contributed by atoms with Gasteiger partial charge in [-0.1, -0.05) is 25.7 Å². The molecule has 0 radical (unpaired) electrons. The van der Waals surface area contributed by atoms with Crippen LogP contribution in [0.5, 0.6) is 0 Å². The highest BCUT2D eigenvalue weighted by Gasteiger charge is 2.24. The van der Waals surface area contributed by atoms with Crippen LogP contribution in [0.3, 0.4) is 0 Å². The molecule has 0 N–H and O–H groups in total. The van der Waals surface area contributed by atoms with Gasteiger partial charge in [0.2, 0.25) is 0 Å². The highest BCUT2D eigenvalue weighted by atomic mass is 79.9. The first-order chi connectivity index (χ1) is 4.71. The molecule has 0 aliphatic carbocycles. The molecule has 11 heavy (non-hydrogen) atoms. The normalized spacial score (nSPS) is 13.6. The summed E-state index contributed by atoms with van der Waals surface area (Å²) in [6, 6.07) is 0.980. The number of hydrogen-bond acceptors (Lipinski definition) is 0. The van der Waals surface area contributed by atoms with Gasteiger partial charge in [-0.05, 0) is 22.4 Å². The predicted octanol–water partition coefficient (Wildman–Crippen LogP) is 4.09. The largest absolute Gasteiger partial charge is 0.301 e. The maximum absolute atomic E-state index is 12.2. The Morgan fingerprint density at radius 3 is 2.00 bits per heavy atom. The third kappa shape index (κ3) is 10.6. The fraction of sp³-hybridized carbons (Fsp3) is 1.00. The molecule has 0 saturated carbocycles. The summed E-state index contributed by atoms with van der Waals surface area (Å²) in [6.07, 6.45) is 0.602. The van der Waals surface area contributed by atoms with E-state index in [2.05, 4.69) is 35.6 Å². The molecule has 0 saturated heterocycles. The van der Waals surface area contributed by atoms with Crippen molar-refractivity contribution in [2.24, 2.45) is 0 Å². The van der Waals surface area contributed by atoms with E-state index in [1.807, 2.05) is 0 Å². The second-order valence-electron chi connectivity index (χ2n) is 4.03. The second-order valence-corrected chi connectivity index (χ2v) is 10.8. The van der Waals surface area contributed by atoms with Gasteiger partial charge in [-0.2, -0.15) is 8.78 Å². The van der Waals surface area contributed by atoms with Crippen LogP contribution in [0.4, 0.5) is 8.78 Å². The second kappa shape index (κ2) is 3.98. The van der Waals surface area contributed by atoms with Crippen molar-refractivity contribution in [3.63, 3.8) is 0 Å². The highest BCUT2D eigenvalue weighted by Crippen LogP contribution is 2.29. The fourth-order valence-corrected chi connectivity index (χ4v) is 2.34. The molecule has 4 heteroatoms.